The second kappa shape index (κ2) is 5.78. The Morgan fingerprint density at radius 2 is 2.43 bits per heavy atom. The smallest absolute Gasteiger partial charge is 0.223 e. The van der Waals surface area contributed by atoms with Crippen molar-refractivity contribution >= 4 is 17.2 Å². The van der Waals surface area contributed by atoms with Crippen molar-refractivity contribution in [2.24, 2.45) is 0 Å². The van der Waals surface area contributed by atoms with Gasteiger partial charge in [-0.15, -0.1) is 11.3 Å². The molecule has 1 amide bonds. The lowest BCUT2D eigenvalue weighted by atomic mass is 10.3. The van der Waals surface area contributed by atoms with Crippen LogP contribution in [0.4, 0.5) is 0 Å². The van der Waals surface area contributed by atoms with Crippen LogP contribution in [0.25, 0.3) is 0 Å². The van der Waals surface area contributed by atoms with E-state index >= 15 is 0 Å². The van der Waals surface area contributed by atoms with E-state index in [0.717, 1.165) is 13.1 Å². The van der Waals surface area contributed by atoms with Gasteiger partial charge in [0.2, 0.25) is 5.91 Å². The van der Waals surface area contributed by atoms with E-state index in [4.69, 9.17) is 0 Å². The highest BCUT2D eigenvalue weighted by Crippen LogP contribution is 2.11. The van der Waals surface area contributed by atoms with Gasteiger partial charge >= 0.3 is 0 Å². The summed E-state index contributed by atoms with van der Waals surface area (Å²) in [6.45, 7) is 1.47. The van der Waals surface area contributed by atoms with E-state index in [2.05, 4.69) is 5.32 Å². The van der Waals surface area contributed by atoms with Gasteiger partial charge in [0, 0.05) is 24.9 Å². The van der Waals surface area contributed by atoms with Crippen molar-refractivity contribution in [2.75, 3.05) is 20.6 Å². The molecule has 0 radical (unpaired) electrons. The third kappa shape index (κ3) is 3.47. The molecule has 78 valence electrons. The topological polar surface area (TPSA) is 32.3 Å². The Kier molecular flexibility index (Phi) is 4.62. The molecule has 0 bridgehead atoms. The van der Waals surface area contributed by atoms with Crippen LogP contribution in [0.1, 0.15) is 11.3 Å². The fourth-order valence-electron chi connectivity index (χ4n) is 1.15. The number of amides is 1. The molecule has 14 heavy (non-hydrogen) atoms. The maximum atomic E-state index is 11.5. The summed E-state index contributed by atoms with van der Waals surface area (Å²) in [6, 6.07) is 4.05. The van der Waals surface area contributed by atoms with Crippen LogP contribution in [-0.2, 0) is 11.3 Å². The second-order valence-corrected chi connectivity index (χ2v) is 4.21. The SMILES string of the molecule is CNCCC(=O)N(C)Cc1cccs1. The molecule has 0 saturated heterocycles. The molecule has 1 aromatic rings. The molecule has 1 N–H and O–H groups in total. The van der Waals surface area contributed by atoms with E-state index in [1.165, 1.54) is 4.88 Å². The highest BCUT2D eigenvalue weighted by Gasteiger charge is 2.08. The Morgan fingerprint density at radius 1 is 1.64 bits per heavy atom. The molecule has 0 aromatic carbocycles. The molecule has 0 aliphatic heterocycles. The van der Waals surface area contributed by atoms with E-state index in [1.54, 1.807) is 16.2 Å². The number of thiophene rings is 1. The molecule has 0 fully saturated rings. The lowest BCUT2D eigenvalue weighted by molar-refractivity contribution is -0.130. The van der Waals surface area contributed by atoms with E-state index in [9.17, 15) is 4.79 Å². The van der Waals surface area contributed by atoms with Gasteiger partial charge < -0.3 is 10.2 Å². The summed E-state index contributed by atoms with van der Waals surface area (Å²) in [6.07, 6.45) is 0.568. The van der Waals surface area contributed by atoms with Crippen LogP contribution in [0.3, 0.4) is 0 Å². The number of carbonyl (C=O) groups is 1. The van der Waals surface area contributed by atoms with Crippen molar-refractivity contribution in [3.8, 4) is 0 Å². The highest BCUT2D eigenvalue weighted by atomic mass is 32.1. The molecule has 1 rings (SSSR count). The average Bonchev–Trinajstić information content (AvgIpc) is 2.66. The van der Waals surface area contributed by atoms with Crippen molar-refractivity contribution in [1.29, 1.82) is 0 Å². The molecule has 1 heterocycles. The van der Waals surface area contributed by atoms with Crippen LogP contribution < -0.4 is 5.32 Å². The van der Waals surface area contributed by atoms with Crippen LogP contribution in [-0.4, -0.2) is 31.4 Å². The Bertz CT molecular complexity index is 272. The van der Waals surface area contributed by atoms with Crippen LogP contribution >= 0.6 is 11.3 Å². The quantitative estimate of drug-likeness (QED) is 0.798. The molecular weight excluding hydrogens is 196 g/mol. The number of hydrogen-bond donors (Lipinski definition) is 1. The Balaban J connectivity index is 2.34. The third-order valence-corrected chi connectivity index (χ3v) is 2.85. The number of nitrogens with zero attached hydrogens (tertiary/aromatic N) is 1. The van der Waals surface area contributed by atoms with E-state index in [-0.39, 0.29) is 5.91 Å². The minimum Gasteiger partial charge on any atom is -0.341 e. The zero-order valence-electron chi connectivity index (χ0n) is 8.62. The van der Waals surface area contributed by atoms with Crippen LogP contribution in [0, 0.1) is 0 Å². The van der Waals surface area contributed by atoms with Crippen molar-refractivity contribution in [3.05, 3.63) is 22.4 Å². The first-order valence-electron chi connectivity index (χ1n) is 4.65. The van der Waals surface area contributed by atoms with Gasteiger partial charge in [0.05, 0.1) is 6.54 Å². The Labute approximate surface area is 88.7 Å². The molecular formula is C10H16N2OS. The fourth-order valence-corrected chi connectivity index (χ4v) is 1.90. The van der Waals surface area contributed by atoms with Gasteiger partial charge in [-0.25, -0.2) is 0 Å². The molecule has 0 aliphatic rings. The molecule has 3 nitrogen and oxygen atoms in total. The Morgan fingerprint density at radius 3 is 3.00 bits per heavy atom. The second-order valence-electron chi connectivity index (χ2n) is 3.18. The van der Waals surface area contributed by atoms with Crippen molar-refractivity contribution in [2.45, 2.75) is 13.0 Å². The maximum Gasteiger partial charge on any atom is 0.223 e. The number of carbonyl (C=O) groups excluding carboxylic acids is 1. The monoisotopic (exact) mass is 212 g/mol. The van der Waals surface area contributed by atoms with Gasteiger partial charge in [0.15, 0.2) is 0 Å². The van der Waals surface area contributed by atoms with Gasteiger partial charge in [0.25, 0.3) is 0 Å². The zero-order valence-corrected chi connectivity index (χ0v) is 9.43. The van der Waals surface area contributed by atoms with Crippen LogP contribution in [0.5, 0.6) is 0 Å². The minimum absolute atomic E-state index is 0.188. The van der Waals surface area contributed by atoms with Crippen molar-refractivity contribution in [3.63, 3.8) is 0 Å². The summed E-state index contributed by atoms with van der Waals surface area (Å²) in [5.74, 6) is 0.188. The summed E-state index contributed by atoms with van der Waals surface area (Å²) in [5.41, 5.74) is 0. The standard InChI is InChI=1S/C10H16N2OS/c1-11-6-5-10(13)12(2)8-9-4-3-7-14-9/h3-4,7,11H,5-6,8H2,1-2H3. The van der Waals surface area contributed by atoms with E-state index in [0.29, 0.717) is 6.42 Å². The maximum absolute atomic E-state index is 11.5. The predicted octanol–water partition coefficient (Wildman–Crippen LogP) is 1.32. The lowest BCUT2D eigenvalue weighted by Gasteiger charge is -2.15. The summed E-state index contributed by atoms with van der Waals surface area (Å²) in [5, 5.41) is 5.00. The minimum atomic E-state index is 0.188. The average molecular weight is 212 g/mol. The van der Waals surface area contributed by atoms with Crippen molar-refractivity contribution in [1.82, 2.24) is 10.2 Å². The highest BCUT2D eigenvalue weighted by molar-refractivity contribution is 7.09. The molecule has 0 saturated carbocycles. The first-order chi connectivity index (χ1) is 6.74. The number of rotatable bonds is 5. The van der Waals surface area contributed by atoms with Gasteiger partial charge in [-0.2, -0.15) is 0 Å². The third-order valence-electron chi connectivity index (χ3n) is 1.99. The van der Waals surface area contributed by atoms with Crippen molar-refractivity contribution < 1.29 is 4.79 Å². The summed E-state index contributed by atoms with van der Waals surface area (Å²) >= 11 is 1.68. The Hall–Kier alpha value is -0.870. The van der Waals surface area contributed by atoms with Gasteiger partial charge in [-0.05, 0) is 18.5 Å². The molecule has 0 aliphatic carbocycles. The molecule has 0 atom stereocenters. The molecule has 4 heteroatoms. The summed E-state index contributed by atoms with van der Waals surface area (Å²) in [4.78, 5) is 14.5. The van der Waals surface area contributed by atoms with Crippen LogP contribution in [0.2, 0.25) is 0 Å². The first kappa shape index (κ1) is 11.2. The van der Waals surface area contributed by atoms with Crippen LogP contribution in [0.15, 0.2) is 17.5 Å². The summed E-state index contributed by atoms with van der Waals surface area (Å²) in [7, 11) is 3.70. The molecule has 0 spiro atoms. The van der Waals surface area contributed by atoms with Gasteiger partial charge in [-0.3, -0.25) is 4.79 Å². The fraction of sp³-hybridized carbons (Fsp3) is 0.500. The predicted molar refractivity (Wildman–Crippen MR) is 59.3 cm³/mol. The van der Waals surface area contributed by atoms with E-state index < -0.39 is 0 Å². The number of nitrogens with one attached hydrogen (secondary N) is 1. The van der Waals surface area contributed by atoms with Gasteiger partial charge in [0.1, 0.15) is 0 Å². The summed E-state index contributed by atoms with van der Waals surface area (Å²) < 4.78 is 0. The first-order valence-corrected chi connectivity index (χ1v) is 5.53. The normalized spacial score (nSPS) is 10.1. The zero-order chi connectivity index (χ0) is 10.4. The van der Waals surface area contributed by atoms with Gasteiger partial charge in [-0.1, -0.05) is 6.07 Å². The number of hydrogen-bond acceptors (Lipinski definition) is 3. The largest absolute Gasteiger partial charge is 0.341 e. The lowest BCUT2D eigenvalue weighted by Crippen LogP contribution is -2.28. The van der Waals surface area contributed by atoms with E-state index in [1.807, 2.05) is 31.6 Å². The molecule has 0 unspecified atom stereocenters. The molecule has 1 aromatic heterocycles.